The van der Waals surface area contributed by atoms with Crippen LogP contribution in [0.3, 0.4) is 0 Å². The number of hydrogen-bond donors (Lipinski definition) is 4. The predicted octanol–water partition coefficient (Wildman–Crippen LogP) is 4.39. The van der Waals surface area contributed by atoms with Gasteiger partial charge in [-0.3, -0.25) is 14.4 Å². The highest BCUT2D eigenvalue weighted by Crippen LogP contribution is 2.34. The molecule has 0 spiro atoms. The van der Waals surface area contributed by atoms with Gasteiger partial charge in [0.25, 0.3) is 5.91 Å². The number of aromatic hydroxyl groups is 1. The third-order valence-electron chi connectivity index (χ3n) is 6.13. The molecule has 0 aliphatic rings. The van der Waals surface area contributed by atoms with E-state index in [0.717, 1.165) is 11.1 Å². The van der Waals surface area contributed by atoms with Gasteiger partial charge < -0.3 is 31.1 Å². The Bertz CT molecular complexity index is 1260. The van der Waals surface area contributed by atoms with Crippen molar-refractivity contribution in [1.29, 1.82) is 0 Å². The molecule has 2 unspecified atom stereocenters. The van der Waals surface area contributed by atoms with Crippen molar-refractivity contribution in [1.82, 2.24) is 10.2 Å². The summed E-state index contributed by atoms with van der Waals surface area (Å²) in [6.07, 6.45) is -1.41. The van der Waals surface area contributed by atoms with Gasteiger partial charge in [-0.1, -0.05) is 24.3 Å². The summed E-state index contributed by atoms with van der Waals surface area (Å²) in [6, 6.07) is 7.64. The van der Waals surface area contributed by atoms with Crippen LogP contribution in [0.25, 0.3) is 0 Å². The van der Waals surface area contributed by atoms with Gasteiger partial charge in [-0.25, -0.2) is 4.79 Å². The number of phenolic OH excluding ortho intramolecular Hbond substituents is 1. The molecule has 0 aliphatic carbocycles. The van der Waals surface area contributed by atoms with E-state index in [4.69, 9.17) is 10.5 Å². The number of anilines is 1. The zero-order chi connectivity index (χ0) is 30.6. The molecule has 10 heteroatoms. The van der Waals surface area contributed by atoms with Gasteiger partial charge in [-0.15, -0.1) is 0 Å². The van der Waals surface area contributed by atoms with E-state index in [1.165, 1.54) is 11.0 Å². The lowest BCUT2D eigenvalue weighted by molar-refractivity contribution is -0.147. The van der Waals surface area contributed by atoms with Crippen molar-refractivity contribution >= 4 is 29.5 Å². The molecule has 5 N–H and O–H groups in total. The van der Waals surface area contributed by atoms with Crippen LogP contribution in [-0.4, -0.2) is 51.0 Å². The second kappa shape index (κ2) is 12.4. The first kappa shape index (κ1) is 32.1. The minimum Gasteiger partial charge on any atom is -0.508 e. The summed E-state index contributed by atoms with van der Waals surface area (Å²) < 4.78 is 5.31. The molecule has 2 aromatic carbocycles. The minimum absolute atomic E-state index is 0.0319. The Morgan fingerprint density at radius 3 is 2.00 bits per heavy atom. The van der Waals surface area contributed by atoms with Crippen molar-refractivity contribution in [2.45, 2.75) is 92.0 Å². The second-order valence-electron chi connectivity index (χ2n) is 12.0. The van der Waals surface area contributed by atoms with Crippen LogP contribution in [0, 0.1) is 20.8 Å². The third kappa shape index (κ3) is 8.46. The predicted molar refractivity (Wildman–Crippen MR) is 154 cm³/mol. The summed E-state index contributed by atoms with van der Waals surface area (Å²) in [6.45, 7) is 15.6. The number of primary amides is 1. The van der Waals surface area contributed by atoms with E-state index in [2.05, 4.69) is 10.6 Å². The Hall–Kier alpha value is -4.08. The third-order valence-corrected chi connectivity index (χ3v) is 6.13. The van der Waals surface area contributed by atoms with Gasteiger partial charge in [0, 0.05) is 11.2 Å². The molecule has 0 saturated heterocycles. The first-order valence-electron chi connectivity index (χ1n) is 13.1. The number of phenols is 1. The average molecular weight is 555 g/mol. The Morgan fingerprint density at radius 2 is 1.52 bits per heavy atom. The number of para-hydroxylation sites is 1. The van der Waals surface area contributed by atoms with Crippen molar-refractivity contribution in [3.05, 3.63) is 58.7 Å². The van der Waals surface area contributed by atoms with Crippen LogP contribution in [0.5, 0.6) is 5.75 Å². The molecule has 2 rings (SSSR count). The maximum absolute atomic E-state index is 14.2. The number of hydrogen-bond acceptors (Lipinski definition) is 6. The van der Waals surface area contributed by atoms with Gasteiger partial charge in [0.2, 0.25) is 11.8 Å². The summed E-state index contributed by atoms with van der Waals surface area (Å²) in [5.74, 6) is -2.00. The number of carbonyl (C=O) groups excluding carboxylic acids is 4. The number of alkyl carbamates (subject to hydrolysis) is 1. The van der Waals surface area contributed by atoms with Crippen LogP contribution in [0.4, 0.5) is 10.5 Å². The maximum Gasteiger partial charge on any atom is 0.408 e. The number of nitrogens with two attached hydrogens (primary N) is 1. The number of aryl methyl sites for hydroxylation is 3. The molecular formula is C30H42N4O6. The monoisotopic (exact) mass is 554 g/mol. The molecule has 2 aromatic rings. The lowest BCUT2D eigenvalue weighted by atomic mass is 9.93. The SMILES string of the molecule is Cc1cc(C(C(=O)Nc2c(C)cccc2C)N(C(=O)C(CC(N)=O)NC(=O)OC(C)(C)C)C(C)(C)C)ccc1O. The van der Waals surface area contributed by atoms with Crippen molar-refractivity contribution in [3.8, 4) is 5.75 Å². The van der Waals surface area contributed by atoms with Gasteiger partial charge >= 0.3 is 6.09 Å². The Morgan fingerprint density at radius 1 is 0.950 bits per heavy atom. The van der Waals surface area contributed by atoms with Crippen molar-refractivity contribution in [3.63, 3.8) is 0 Å². The molecular weight excluding hydrogens is 512 g/mol. The number of nitrogens with one attached hydrogen (secondary N) is 2. The van der Waals surface area contributed by atoms with Crippen molar-refractivity contribution < 1.29 is 29.0 Å². The number of carbonyl (C=O) groups is 4. The molecule has 218 valence electrons. The van der Waals surface area contributed by atoms with Gasteiger partial charge in [-0.2, -0.15) is 0 Å². The van der Waals surface area contributed by atoms with Crippen LogP contribution in [0.1, 0.15) is 76.3 Å². The number of rotatable bonds is 8. The molecule has 0 fully saturated rings. The second-order valence-corrected chi connectivity index (χ2v) is 12.0. The van der Waals surface area contributed by atoms with E-state index in [1.807, 2.05) is 32.0 Å². The maximum atomic E-state index is 14.2. The Balaban J connectivity index is 2.68. The van der Waals surface area contributed by atoms with Crippen LogP contribution >= 0.6 is 0 Å². The molecule has 0 saturated carbocycles. The topological polar surface area (TPSA) is 151 Å². The van der Waals surface area contributed by atoms with E-state index >= 15 is 0 Å². The lowest BCUT2D eigenvalue weighted by Crippen LogP contribution is -2.58. The van der Waals surface area contributed by atoms with E-state index in [9.17, 15) is 24.3 Å². The smallest absolute Gasteiger partial charge is 0.408 e. The number of nitrogens with zero attached hydrogens (tertiary/aromatic N) is 1. The fraction of sp³-hybridized carbons (Fsp3) is 0.467. The minimum atomic E-state index is -1.40. The van der Waals surface area contributed by atoms with Gasteiger partial charge in [-0.05, 0) is 96.7 Å². The van der Waals surface area contributed by atoms with Crippen LogP contribution in [0.15, 0.2) is 36.4 Å². The van der Waals surface area contributed by atoms with Crippen LogP contribution < -0.4 is 16.4 Å². The van der Waals surface area contributed by atoms with E-state index in [1.54, 1.807) is 60.6 Å². The number of amides is 4. The fourth-order valence-corrected chi connectivity index (χ4v) is 4.33. The molecule has 0 heterocycles. The van der Waals surface area contributed by atoms with Gasteiger partial charge in [0.05, 0.1) is 6.42 Å². The zero-order valence-corrected chi connectivity index (χ0v) is 24.8. The summed E-state index contributed by atoms with van der Waals surface area (Å²) in [5.41, 5.74) is 6.83. The van der Waals surface area contributed by atoms with E-state index in [0.29, 0.717) is 16.8 Å². The highest BCUT2D eigenvalue weighted by atomic mass is 16.6. The molecule has 40 heavy (non-hydrogen) atoms. The largest absolute Gasteiger partial charge is 0.508 e. The number of benzene rings is 2. The van der Waals surface area contributed by atoms with Crippen molar-refractivity contribution in [2.24, 2.45) is 5.73 Å². The zero-order valence-electron chi connectivity index (χ0n) is 24.8. The quantitative estimate of drug-likeness (QED) is 0.380. The van der Waals surface area contributed by atoms with Crippen molar-refractivity contribution in [2.75, 3.05) is 5.32 Å². The van der Waals surface area contributed by atoms with E-state index in [-0.39, 0.29) is 5.75 Å². The molecule has 0 bridgehead atoms. The first-order valence-corrected chi connectivity index (χ1v) is 13.1. The number of ether oxygens (including phenoxy) is 1. The summed E-state index contributed by atoms with van der Waals surface area (Å²) in [5, 5.41) is 15.6. The molecule has 4 amide bonds. The summed E-state index contributed by atoms with van der Waals surface area (Å²) >= 11 is 0. The van der Waals surface area contributed by atoms with Crippen LogP contribution in [0.2, 0.25) is 0 Å². The summed E-state index contributed by atoms with van der Waals surface area (Å²) in [7, 11) is 0. The van der Waals surface area contributed by atoms with Crippen LogP contribution in [-0.2, 0) is 19.1 Å². The van der Waals surface area contributed by atoms with Gasteiger partial charge in [0.1, 0.15) is 23.4 Å². The summed E-state index contributed by atoms with van der Waals surface area (Å²) in [4.78, 5) is 54.2. The standard InChI is InChI=1S/C30H42N4O6/c1-17-11-10-12-18(2)24(17)33-26(37)25(20-13-14-22(35)19(3)15-20)34(29(4,5)6)27(38)21(16-23(31)36)32-28(39)40-30(7,8)9/h10-15,21,25,35H,16H2,1-9H3,(H2,31,36)(H,32,39)(H,33,37). The highest BCUT2D eigenvalue weighted by Gasteiger charge is 2.42. The van der Waals surface area contributed by atoms with Gasteiger partial charge in [0.15, 0.2) is 0 Å². The normalized spacial score (nSPS) is 13.1. The highest BCUT2D eigenvalue weighted by molar-refractivity contribution is 6.00. The molecule has 2 atom stereocenters. The average Bonchev–Trinajstić information content (AvgIpc) is 2.78. The first-order chi connectivity index (χ1) is 18.3. The molecule has 0 radical (unpaired) electrons. The molecule has 0 aliphatic heterocycles. The fourth-order valence-electron chi connectivity index (χ4n) is 4.33. The van der Waals surface area contributed by atoms with E-state index < -0.39 is 53.5 Å². The molecule has 10 nitrogen and oxygen atoms in total. The lowest BCUT2D eigenvalue weighted by Gasteiger charge is -2.43. The Kier molecular flexibility index (Phi) is 9.96. The molecule has 0 aromatic heterocycles. The Labute approximate surface area is 236 Å².